The van der Waals surface area contributed by atoms with Gasteiger partial charge in [-0.2, -0.15) is 0 Å². The van der Waals surface area contributed by atoms with Crippen molar-refractivity contribution in [3.63, 3.8) is 0 Å². The number of benzene rings is 8. The monoisotopic (exact) mass is 738 g/mol. The van der Waals surface area contributed by atoms with Crippen LogP contribution in [0.1, 0.15) is 22.5 Å². The summed E-state index contributed by atoms with van der Waals surface area (Å²) in [6, 6.07) is 73.4. The lowest BCUT2D eigenvalue weighted by Gasteiger charge is -2.28. The van der Waals surface area contributed by atoms with Gasteiger partial charge in [0.15, 0.2) is 5.82 Å². The van der Waals surface area contributed by atoms with Crippen molar-refractivity contribution in [1.29, 1.82) is 0 Å². The maximum atomic E-state index is 6.90. The Morgan fingerprint density at radius 2 is 0.879 bits per heavy atom. The van der Waals surface area contributed by atoms with Crippen LogP contribution >= 0.6 is 0 Å². The molecule has 3 heteroatoms. The fourth-order valence-corrected chi connectivity index (χ4v) is 9.51. The number of aromatic nitrogens is 2. The average Bonchev–Trinajstić information content (AvgIpc) is 3.93. The molecule has 8 aromatic carbocycles. The molecule has 2 aliphatic rings. The minimum absolute atomic E-state index is 0.527. The van der Waals surface area contributed by atoms with Gasteiger partial charge in [0.05, 0.1) is 11.4 Å². The number of nitrogens with zero attached hydrogens (tertiary/aromatic N) is 2. The van der Waals surface area contributed by atoms with Gasteiger partial charge in [-0.3, -0.25) is 0 Å². The van der Waals surface area contributed by atoms with Crippen molar-refractivity contribution in [2.24, 2.45) is 0 Å². The van der Waals surface area contributed by atoms with Crippen molar-refractivity contribution in [2.75, 3.05) is 0 Å². The molecular weight excluding hydrogens is 705 g/mol. The summed E-state index contributed by atoms with van der Waals surface area (Å²) in [5.41, 5.74) is 18.6. The lowest BCUT2D eigenvalue weighted by Crippen LogP contribution is -2.25. The first-order valence-electron chi connectivity index (χ1n) is 19.8. The molecule has 0 amide bonds. The van der Waals surface area contributed by atoms with Gasteiger partial charge in [0.2, 0.25) is 0 Å². The van der Waals surface area contributed by atoms with Crippen molar-refractivity contribution in [2.45, 2.75) is 5.41 Å². The van der Waals surface area contributed by atoms with E-state index in [0.717, 1.165) is 55.9 Å². The summed E-state index contributed by atoms with van der Waals surface area (Å²) in [6.07, 6.45) is 0. The molecule has 2 aliphatic carbocycles. The molecule has 1 atom stereocenters. The molecule has 0 aliphatic heterocycles. The van der Waals surface area contributed by atoms with Gasteiger partial charge in [0, 0.05) is 27.6 Å². The summed E-state index contributed by atoms with van der Waals surface area (Å²) in [5.74, 6) is 1.72. The third-order valence-electron chi connectivity index (χ3n) is 12.1. The third-order valence-corrected chi connectivity index (χ3v) is 12.1. The Morgan fingerprint density at radius 3 is 1.67 bits per heavy atom. The van der Waals surface area contributed by atoms with Crippen LogP contribution in [-0.4, -0.2) is 9.97 Å². The molecule has 10 aromatic rings. The van der Waals surface area contributed by atoms with Crippen molar-refractivity contribution >= 4 is 11.0 Å². The van der Waals surface area contributed by atoms with Gasteiger partial charge >= 0.3 is 0 Å². The first-order chi connectivity index (χ1) is 28.7. The number of fused-ring (bicyclic) bond motifs is 12. The van der Waals surface area contributed by atoms with Crippen LogP contribution in [0, 0.1) is 0 Å². The van der Waals surface area contributed by atoms with Crippen LogP contribution in [0.2, 0.25) is 0 Å². The SMILES string of the molecule is c1ccc(-c2cccc(-c3cc(-c4ccc(-c5ccc6c(c5)-c5ccccc5C65c6ccccc6-c6c5oc5ccccc65)cc4)nc(-c4ccccc4)n3)c2)cc1. The summed E-state index contributed by atoms with van der Waals surface area (Å²) < 4.78 is 6.90. The smallest absolute Gasteiger partial charge is 0.160 e. The van der Waals surface area contributed by atoms with Gasteiger partial charge in [-0.15, -0.1) is 0 Å². The van der Waals surface area contributed by atoms with E-state index in [1.54, 1.807) is 0 Å². The Balaban J connectivity index is 0.962. The van der Waals surface area contributed by atoms with Crippen molar-refractivity contribution in [1.82, 2.24) is 9.97 Å². The van der Waals surface area contributed by atoms with E-state index in [2.05, 4.69) is 182 Å². The van der Waals surface area contributed by atoms with E-state index in [4.69, 9.17) is 14.4 Å². The fourth-order valence-electron chi connectivity index (χ4n) is 9.51. The summed E-state index contributed by atoms with van der Waals surface area (Å²) in [7, 11) is 0. The molecule has 1 spiro atoms. The largest absolute Gasteiger partial charge is 0.459 e. The lowest BCUT2D eigenvalue weighted by molar-refractivity contribution is 0.507. The summed E-state index contributed by atoms with van der Waals surface area (Å²) in [6.45, 7) is 0. The van der Waals surface area contributed by atoms with E-state index in [1.165, 1.54) is 50.1 Å². The maximum absolute atomic E-state index is 6.90. The van der Waals surface area contributed by atoms with Gasteiger partial charge in [-0.25, -0.2) is 9.97 Å². The first-order valence-corrected chi connectivity index (χ1v) is 19.8. The van der Waals surface area contributed by atoms with Gasteiger partial charge in [0.1, 0.15) is 16.8 Å². The summed E-state index contributed by atoms with van der Waals surface area (Å²) >= 11 is 0. The van der Waals surface area contributed by atoms with Gasteiger partial charge in [-0.1, -0.05) is 182 Å². The quantitative estimate of drug-likeness (QED) is 0.176. The molecule has 270 valence electrons. The number of hydrogen-bond acceptors (Lipinski definition) is 3. The molecule has 0 saturated carbocycles. The van der Waals surface area contributed by atoms with Crippen LogP contribution in [-0.2, 0) is 5.41 Å². The minimum atomic E-state index is -0.527. The Kier molecular flexibility index (Phi) is 7.14. The topological polar surface area (TPSA) is 38.9 Å². The van der Waals surface area contributed by atoms with E-state index in [9.17, 15) is 0 Å². The average molecular weight is 739 g/mol. The minimum Gasteiger partial charge on any atom is -0.459 e. The van der Waals surface area contributed by atoms with Crippen molar-refractivity contribution in [3.8, 4) is 78.4 Å². The highest BCUT2D eigenvalue weighted by atomic mass is 16.3. The van der Waals surface area contributed by atoms with E-state index < -0.39 is 5.41 Å². The van der Waals surface area contributed by atoms with Gasteiger partial charge < -0.3 is 4.42 Å². The molecule has 0 radical (unpaired) electrons. The molecule has 0 N–H and O–H groups in total. The predicted molar refractivity (Wildman–Crippen MR) is 235 cm³/mol. The fraction of sp³-hybridized carbons (Fsp3) is 0.0182. The third kappa shape index (κ3) is 4.80. The zero-order chi connectivity index (χ0) is 38.2. The van der Waals surface area contributed by atoms with Crippen LogP contribution < -0.4 is 0 Å². The van der Waals surface area contributed by atoms with Gasteiger partial charge in [-0.05, 0) is 79.9 Å². The highest BCUT2D eigenvalue weighted by molar-refractivity contribution is 6.04. The number of para-hydroxylation sites is 1. The second-order valence-electron chi connectivity index (χ2n) is 15.3. The molecule has 1 unspecified atom stereocenters. The molecular formula is C55H34N2O. The molecule has 2 heterocycles. The van der Waals surface area contributed by atoms with Crippen molar-refractivity contribution in [3.05, 3.63) is 229 Å². The predicted octanol–water partition coefficient (Wildman–Crippen LogP) is 13.9. The molecule has 0 saturated heterocycles. The molecule has 58 heavy (non-hydrogen) atoms. The Bertz CT molecular complexity index is 3220. The van der Waals surface area contributed by atoms with Crippen LogP contribution in [0.3, 0.4) is 0 Å². The molecule has 0 fully saturated rings. The van der Waals surface area contributed by atoms with Crippen molar-refractivity contribution < 1.29 is 4.42 Å². The van der Waals surface area contributed by atoms with Crippen LogP contribution in [0.4, 0.5) is 0 Å². The van der Waals surface area contributed by atoms with Crippen LogP contribution in [0.25, 0.3) is 89.4 Å². The van der Waals surface area contributed by atoms with Crippen LogP contribution in [0.15, 0.2) is 211 Å². The van der Waals surface area contributed by atoms with Gasteiger partial charge in [0.25, 0.3) is 0 Å². The lowest BCUT2D eigenvalue weighted by atomic mass is 9.73. The molecule has 3 nitrogen and oxygen atoms in total. The Morgan fingerprint density at radius 1 is 0.345 bits per heavy atom. The summed E-state index contributed by atoms with van der Waals surface area (Å²) in [4.78, 5) is 10.2. The van der Waals surface area contributed by atoms with E-state index in [-0.39, 0.29) is 0 Å². The van der Waals surface area contributed by atoms with E-state index in [0.29, 0.717) is 5.82 Å². The first kappa shape index (κ1) is 32.6. The zero-order valence-corrected chi connectivity index (χ0v) is 31.4. The normalized spacial score (nSPS) is 14.6. The molecule has 12 rings (SSSR count). The maximum Gasteiger partial charge on any atom is 0.160 e. The molecule has 0 bridgehead atoms. The Hall–Kier alpha value is -7.62. The Labute approximate surface area is 336 Å². The zero-order valence-electron chi connectivity index (χ0n) is 31.4. The van der Waals surface area contributed by atoms with Crippen LogP contribution in [0.5, 0.6) is 0 Å². The molecule has 2 aromatic heterocycles. The number of furan rings is 1. The second kappa shape index (κ2) is 12.7. The number of hydrogen-bond donors (Lipinski definition) is 0. The summed E-state index contributed by atoms with van der Waals surface area (Å²) in [5, 5.41) is 1.16. The number of rotatable bonds is 5. The highest BCUT2D eigenvalue weighted by Gasteiger charge is 2.54. The van der Waals surface area contributed by atoms with E-state index >= 15 is 0 Å². The second-order valence-corrected chi connectivity index (χ2v) is 15.3. The van der Waals surface area contributed by atoms with E-state index in [1.807, 2.05) is 24.3 Å². The highest BCUT2D eigenvalue weighted by Crippen LogP contribution is 2.64. The standard InChI is InChI=1S/C55H34N2O/c1-3-14-35(15-4-1)39-18-13-19-41(32-39)50-34-49(56-54(57-50)38-16-5-2-6-17-38)37-28-26-36(27-29-37)40-30-31-48-45(33-40)42-20-7-10-23-46(42)55(48)47-24-11-8-21-43(47)52-44-22-9-12-25-51(44)58-53(52)55/h1-34H.